The lowest BCUT2D eigenvalue weighted by molar-refractivity contribution is 0.590. The van der Waals surface area contributed by atoms with Crippen LogP contribution in [0.4, 0.5) is 51.2 Å². The predicted molar refractivity (Wildman–Crippen MR) is 371 cm³/mol. The van der Waals surface area contributed by atoms with Gasteiger partial charge in [0.25, 0.3) is 6.71 Å². The zero-order valence-electron chi connectivity index (χ0n) is 48.6. The van der Waals surface area contributed by atoms with Crippen LogP contribution in [0.2, 0.25) is 0 Å². The molecule has 1 aliphatic carbocycles. The smallest absolute Gasteiger partial charge is 0.252 e. The first-order valence-electron chi connectivity index (χ1n) is 30.4. The third-order valence-electron chi connectivity index (χ3n) is 19.0. The highest BCUT2D eigenvalue weighted by atomic mass is 15.2. The molecule has 0 amide bonds. The maximum atomic E-state index is 2.67. The maximum absolute atomic E-state index is 2.67. The standard InChI is InChI=1S/C82H57BN4/c1-82(2,3)57-48-76-80-77(49-57)87(81-62-29-12-10-23-55(62)47-56-24-11-13-30-63(56)81)75-51-61(86-71-36-16-14-31-64(71)65-32-15-17-37-72(65)86)44-46-70(75)83(80)69-45-43-60(50-74(69)85(76)59-41-39-53(40-42-59)52-21-6-4-7-22-52)84(58-27-8-5-9-28-58)73-38-20-34-67-66-33-18-25-54-26-19-35-68(78(54)66)79(67)73/h4-51H,1-3H3. The Morgan fingerprint density at radius 3 is 1.56 bits per heavy atom. The van der Waals surface area contributed by atoms with Crippen LogP contribution in [0.15, 0.2) is 291 Å². The molecule has 0 N–H and O–H groups in total. The monoisotopic (exact) mass is 1110 g/mol. The molecule has 15 aromatic rings. The largest absolute Gasteiger partial charge is 0.311 e. The quantitative estimate of drug-likeness (QED) is 0.117. The van der Waals surface area contributed by atoms with Gasteiger partial charge < -0.3 is 19.3 Å². The second-order valence-corrected chi connectivity index (χ2v) is 24.8. The number of aromatic nitrogens is 1. The summed E-state index contributed by atoms with van der Waals surface area (Å²) >= 11 is 0. The summed E-state index contributed by atoms with van der Waals surface area (Å²) in [6.45, 7) is 6.97. The fraction of sp³-hybridized carbons (Fsp3) is 0.0488. The molecule has 0 saturated carbocycles. The van der Waals surface area contributed by atoms with Crippen LogP contribution in [0, 0.1) is 0 Å². The average molecular weight is 1110 g/mol. The van der Waals surface area contributed by atoms with Gasteiger partial charge in [0.1, 0.15) is 0 Å². The SMILES string of the molecule is CC(C)(C)c1cc2c3c(c1)N(c1c4ccccc4cc4ccccc14)c1cc(-n4c5ccccc5c5ccccc54)ccc1B3c1ccc(N(c3ccccc3)c3cccc4c3-c3cccc5cccc-4c35)cc1N2c1ccc(-c2ccccc2)cc1. The van der Waals surface area contributed by atoms with Gasteiger partial charge in [0.15, 0.2) is 0 Å². The summed E-state index contributed by atoms with van der Waals surface area (Å²) in [5, 5.41) is 9.90. The van der Waals surface area contributed by atoms with Gasteiger partial charge in [-0.1, -0.05) is 227 Å². The van der Waals surface area contributed by atoms with Gasteiger partial charge in [-0.15, -0.1) is 0 Å². The Kier molecular flexibility index (Phi) is 10.7. The summed E-state index contributed by atoms with van der Waals surface area (Å²) < 4.78 is 2.48. The minimum absolute atomic E-state index is 0.147. The Hall–Kier alpha value is -10.9. The molecule has 0 radical (unpaired) electrons. The van der Waals surface area contributed by atoms with Crippen molar-refractivity contribution >= 4 is 128 Å². The van der Waals surface area contributed by atoms with Gasteiger partial charge in [-0.2, -0.15) is 0 Å². The van der Waals surface area contributed by atoms with Gasteiger partial charge in [0, 0.05) is 72.6 Å². The van der Waals surface area contributed by atoms with E-state index >= 15 is 0 Å². The van der Waals surface area contributed by atoms with Crippen molar-refractivity contribution in [2.45, 2.75) is 26.2 Å². The molecule has 1 aromatic heterocycles. The van der Waals surface area contributed by atoms with Crippen LogP contribution in [0.25, 0.3) is 93.2 Å². The highest BCUT2D eigenvalue weighted by Gasteiger charge is 2.45. The molecule has 14 aromatic carbocycles. The van der Waals surface area contributed by atoms with Crippen molar-refractivity contribution in [2.75, 3.05) is 14.7 Å². The topological polar surface area (TPSA) is 14.7 Å². The molecule has 18 rings (SSSR count). The third-order valence-corrected chi connectivity index (χ3v) is 19.0. The molecule has 0 bridgehead atoms. The Morgan fingerprint density at radius 2 is 0.885 bits per heavy atom. The lowest BCUT2D eigenvalue weighted by atomic mass is 9.33. The predicted octanol–water partition coefficient (Wildman–Crippen LogP) is 20.4. The Labute approximate surface area is 506 Å². The molecule has 0 spiro atoms. The van der Waals surface area contributed by atoms with Crippen molar-refractivity contribution in [1.82, 2.24) is 4.57 Å². The first-order chi connectivity index (χ1) is 42.8. The van der Waals surface area contributed by atoms with E-state index in [4.69, 9.17) is 0 Å². The van der Waals surface area contributed by atoms with Crippen molar-refractivity contribution in [2.24, 2.45) is 0 Å². The molecule has 0 atom stereocenters. The Balaban J connectivity index is 0.948. The van der Waals surface area contributed by atoms with E-state index in [0.29, 0.717) is 0 Å². The van der Waals surface area contributed by atoms with E-state index in [1.807, 2.05) is 0 Å². The van der Waals surface area contributed by atoms with E-state index in [0.717, 1.165) is 34.1 Å². The van der Waals surface area contributed by atoms with Crippen molar-refractivity contribution in [1.29, 1.82) is 0 Å². The summed E-state index contributed by atoms with van der Waals surface area (Å²) in [7, 11) is 0. The maximum Gasteiger partial charge on any atom is 0.252 e. The van der Waals surface area contributed by atoms with Crippen LogP contribution in [0.1, 0.15) is 26.3 Å². The zero-order chi connectivity index (χ0) is 57.6. The number of benzene rings is 14. The summed E-state index contributed by atoms with van der Waals surface area (Å²) in [5.41, 5.74) is 26.1. The first-order valence-corrected chi connectivity index (χ1v) is 30.4. The fourth-order valence-electron chi connectivity index (χ4n) is 15.1. The molecule has 5 heteroatoms. The van der Waals surface area contributed by atoms with E-state index in [2.05, 4.69) is 331 Å². The number of anilines is 9. The van der Waals surface area contributed by atoms with Crippen LogP contribution in [0.3, 0.4) is 0 Å². The molecule has 0 saturated heterocycles. The van der Waals surface area contributed by atoms with Gasteiger partial charge in [0.2, 0.25) is 0 Å². The van der Waals surface area contributed by atoms with E-state index in [1.54, 1.807) is 0 Å². The number of rotatable bonds is 7. The highest BCUT2D eigenvalue weighted by Crippen LogP contribution is 2.55. The van der Waals surface area contributed by atoms with Crippen LogP contribution in [-0.4, -0.2) is 11.3 Å². The molecule has 3 heterocycles. The number of hydrogen-bond donors (Lipinski definition) is 0. The molecule has 4 nitrogen and oxygen atoms in total. The van der Waals surface area contributed by atoms with E-state index < -0.39 is 0 Å². The van der Waals surface area contributed by atoms with Crippen LogP contribution in [0.5, 0.6) is 0 Å². The fourth-order valence-corrected chi connectivity index (χ4v) is 15.1. The van der Waals surface area contributed by atoms with Gasteiger partial charge >= 0.3 is 0 Å². The summed E-state index contributed by atoms with van der Waals surface area (Å²) in [4.78, 5) is 7.78. The first kappa shape index (κ1) is 49.5. The van der Waals surface area contributed by atoms with Crippen molar-refractivity contribution in [3.05, 3.63) is 297 Å². The summed E-state index contributed by atoms with van der Waals surface area (Å²) in [5.74, 6) is 0. The van der Waals surface area contributed by atoms with Gasteiger partial charge in [-0.05, 0) is 162 Å². The average Bonchev–Trinajstić information content (AvgIpc) is 1.34. The third kappa shape index (κ3) is 7.39. The van der Waals surface area contributed by atoms with Gasteiger partial charge in [0.05, 0.1) is 22.4 Å². The van der Waals surface area contributed by atoms with Crippen molar-refractivity contribution in [3.63, 3.8) is 0 Å². The zero-order valence-corrected chi connectivity index (χ0v) is 48.6. The number of fused-ring (bicyclic) bond motifs is 12. The second kappa shape index (κ2) is 18.8. The molecule has 87 heavy (non-hydrogen) atoms. The molecular weight excluding hydrogens is 1050 g/mol. The van der Waals surface area contributed by atoms with Gasteiger partial charge in [-0.3, -0.25) is 0 Å². The van der Waals surface area contributed by atoms with E-state index in [-0.39, 0.29) is 12.1 Å². The highest BCUT2D eigenvalue weighted by molar-refractivity contribution is 7.00. The van der Waals surface area contributed by atoms with Crippen molar-refractivity contribution in [3.8, 4) is 39.1 Å². The van der Waals surface area contributed by atoms with Crippen molar-refractivity contribution < 1.29 is 0 Å². The van der Waals surface area contributed by atoms with Crippen LogP contribution >= 0.6 is 0 Å². The van der Waals surface area contributed by atoms with Crippen LogP contribution < -0.4 is 31.1 Å². The Morgan fingerprint density at radius 1 is 0.356 bits per heavy atom. The number of para-hydroxylation sites is 3. The number of hydrogen-bond acceptors (Lipinski definition) is 3. The number of nitrogens with zero attached hydrogens (tertiary/aromatic N) is 4. The van der Waals surface area contributed by atoms with Gasteiger partial charge in [-0.25, -0.2) is 0 Å². The molecule has 2 aliphatic heterocycles. The minimum Gasteiger partial charge on any atom is -0.311 e. The second-order valence-electron chi connectivity index (χ2n) is 24.8. The molecule has 3 aliphatic rings. The Bertz CT molecular complexity index is 5240. The van der Waals surface area contributed by atoms with Crippen LogP contribution in [-0.2, 0) is 5.41 Å². The summed E-state index contributed by atoms with van der Waals surface area (Å²) in [6, 6.07) is 109. The molecule has 408 valence electrons. The lowest BCUT2D eigenvalue weighted by Crippen LogP contribution is -2.61. The van der Waals surface area contributed by atoms with E-state index in [1.165, 1.54) is 132 Å². The lowest BCUT2D eigenvalue weighted by Gasteiger charge is -2.46. The summed E-state index contributed by atoms with van der Waals surface area (Å²) in [6.07, 6.45) is 0. The molecule has 0 fully saturated rings. The molecule has 0 unspecified atom stereocenters. The minimum atomic E-state index is -0.234. The normalized spacial score (nSPS) is 12.9. The van der Waals surface area contributed by atoms with E-state index in [9.17, 15) is 0 Å². The molecular formula is C82H57BN4.